The molecule has 2 aromatic rings. The van der Waals surface area contributed by atoms with E-state index in [1.807, 2.05) is 0 Å². The molecule has 132 valence electrons. The Morgan fingerprint density at radius 1 is 1.36 bits per heavy atom. The third-order valence-electron chi connectivity index (χ3n) is 3.92. The molecule has 0 unspecified atom stereocenters. The Morgan fingerprint density at radius 3 is 2.80 bits per heavy atom. The molecule has 10 heteroatoms. The van der Waals surface area contributed by atoms with Gasteiger partial charge < -0.3 is 14.5 Å². The second kappa shape index (κ2) is 7.16. The molecule has 0 saturated heterocycles. The minimum atomic E-state index is -0.951. The van der Waals surface area contributed by atoms with Crippen LogP contribution in [0.1, 0.15) is 42.3 Å². The lowest BCUT2D eigenvalue weighted by atomic mass is 10.2. The first-order chi connectivity index (χ1) is 12.0. The van der Waals surface area contributed by atoms with Crippen molar-refractivity contribution >= 4 is 23.6 Å². The highest BCUT2D eigenvalue weighted by Crippen LogP contribution is 2.31. The number of ether oxygens (including phenoxy) is 1. The number of aromatic nitrogens is 2. The Morgan fingerprint density at radius 2 is 2.12 bits per heavy atom. The molecule has 0 bridgehead atoms. The van der Waals surface area contributed by atoms with Crippen LogP contribution >= 0.6 is 0 Å². The van der Waals surface area contributed by atoms with Gasteiger partial charge in [0.05, 0.1) is 18.3 Å². The normalized spacial score (nSPS) is 14.4. The molecule has 1 N–H and O–H groups in total. The highest BCUT2D eigenvalue weighted by atomic mass is 16.7. The van der Waals surface area contributed by atoms with Crippen LogP contribution in [0, 0.1) is 10.1 Å². The first-order valence-corrected chi connectivity index (χ1v) is 7.79. The van der Waals surface area contributed by atoms with Crippen LogP contribution in [0.15, 0.2) is 28.8 Å². The zero-order valence-electron chi connectivity index (χ0n) is 13.2. The number of esters is 1. The topological polar surface area (TPSA) is 130 Å². The first kappa shape index (κ1) is 16.7. The van der Waals surface area contributed by atoms with Gasteiger partial charge in [0, 0.05) is 6.07 Å². The van der Waals surface area contributed by atoms with E-state index in [4.69, 9.17) is 9.15 Å². The van der Waals surface area contributed by atoms with Crippen molar-refractivity contribution in [2.24, 2.45) is 0 Å². The standard InChI is InChI=1S/C15H16N4O6/c20-13(9-24-15(21)11-5-6-14(25-11)19(22)23)17-12-7-8-16-18(12)10-3-1-2-4-10/h5-8,10H,1-4,9H2,(H,17,20). The van der Waals surface area contributed by atoms with Crippen molar-refractivity contribution in [3.05, 3.63) is 40.3 Å². The van der Waals surface area contributed by atoms with Gasteiger partial charge in [0.1, 0.15) is 10.7 Å². The van der Waals surface area contributed by atoms with Gasteiger partial charge in [-0.25, -0.2) is 9.48 Å². The number of amides is 1. The number of hydrogen-bond acceptors (Lipinski definition) is 7. The number of hydrogen-bond donors (Lipinski definition) is 1. The third kappa shape index (κ3) is 3.84. The van der Waals surface area contributed by atoms with Gasteiger partial charge in [0.25, 0.3) is 5.91 Å². The highest BCUT2D eigenvalue weighted by molar-refractivity contribution is 5.94. The molecule has 0 atom stereocenters. The van der Waals surface area contributed by atoms with E-state index in [1.54, 1.807) is 16.9 Å². The van der Waals surface area contributed by atoms with Crippen molar-refractivity contribution in [2.45, 2.75) is 31.7 Å². The third-order valence-corrected chi connectivity index (χ3v) is 3.92. The zero-order chi connectivity index (χ0) is 17.8. The fourth-order valence-electron chi connectivity index (χ4n) is 2.77. The molecule has 0 aliphatic heterocycles. The summed E-state index contributed by atoms with van der Waals surface area (Å²) in [6.07, 6.45) is 5.88. The number of furan rings is 1. The maximum absolute atomic E-state index is 12.0. The second-order valence-corrected chi connectivity index (χ2v) is 5.62. The van der Waals surface area contributed by atoms with Crippen LogP contribution in [0.2, 0.25) is 0 Å². The molecular weight excluding hydrogens is 332 g/mol. The number of nitrogens with one attached hydrogen (secondary N) is 1. The van der Waals surface area contributed by atoms with Crippen molar-refractivity contribution in [3.63, 3.8) is 0 Å². The summed E-state index contributed by atoms with van der Waals surface area (Å²) in [5.74, 6) is -1.85. The summed E-state index contributed by atoms with van der Waals surface area (Å²) in [7, 11) is 0. The lowest BCUT2D eigenvalue weighted by Gasteiger charge is -2.14. The molecular formula is C15H16N4O6. The molecule has 1 fully saturated rings. The Bertz CT molecular complexity index is 790. The van der Waals surface area contributed by atoms with Gasteiger partial charge in [-0.15, -0.1) is 0 Å². The Kier molecular flexibility index (Phi) is 4.78. The molecule has 0 radical (unpaired) electrons. The molecule has 1 aliphatic carbocycles. The molecule has 0 spiro atoms. The Labute approximate surface area is 141 Å². The number of rotatable bonds is 6. The second-order valence-electron chi connectivity index (χ2n) is 5.62. The van der Waals surface area contributed by atoms with Gasteiger partial charge in [0.15, 0.2) is 6.61 Å². The molecule has 1 aliphatic rings. The minimum absolute atomic E-state index is 0.261. The number of nitro groups is 1. The fraction of sp³-hybridized carbons (Fsp3) is 0.400. The van der Waals surface area contributed by atoms with Crippen LogP contribution in [-0.2, 0) is 9.53 Å². The van der Waals surface area contributed by atoms with Crippen LogP contribution < -0.4 is 5.32 Å². The largest absolute Gasteiger partial charge is 0.450 e. The lowest BCUT2D eigenvalue weighted by Crippen LogP contribution is -2.23. The van der Waals surface area contributed by atoms with E-state index in [2.05, 4.69) is 10.4 Å². The minimum Gasteiger partial charge on any atom is -0.450 e. The smallest absolute Gasteiger partial charge is 0.433 e. The number of carbonyl (C=O) groups is 2. The van der Waals surface area contributed by atoms with Crippen molar-refractivity contribution in [1.29, 1.82) is 0 Å². The molecule has 25 heavy (non-hydrogen) atoms. The number of nitrogens with zero attached hydrogens (tertiary/aromatic N) is 3. The van der Waals surface area contributed by atoms with E-state index < -0.39 is 29.3 Å². The SMILES string of the molecule is O=C(COC(=O)c1ccc([N+](=O)[O-])o1)Nc1ccnn1C1CCCC1. The van der Waals surface area contributed by atoms with E-state index in [0.717, 1.165) is 37.8 Å². The van der Waals surface area contributed by atoms with Gasteiger partial charge in [-0.05, 0) is 18.9 Å². The van der Waals surface area contributed by atoms with Gasteiger partial charge in [-0.3, -0.25) is 14.9 Å². The van der Waals surface area contributed by atoms with E-state index in [0.29, 0.717) is 5.82 Å². The summed E-state index contributed by atoms with van der Waals surface area (Å²) in [5.41, 5.74) is 0. The van der Waals surface area contributed by atoms with E-state index in [-0.39, 0.29) is 11.8 Å². The summed E-state index contributed by atoms with van der Waals surface area (Å²) in [5, 5.41) is 17.4. The molecule has 0 aromatic carbocycles. The summed E-state index contributed by atoms with van der Waals surface area (Å²) in [6.45, 7) is -0.539. The summed E-state index contributed by atoms with van der Waals surface area (Å²) < 4.78 is 11.3. The van der Waals surface area contributed by atoms with Crippen molar-refractivity contribution < 1.29 is 23.7 Å². The Hall–Kier alpha value is -3.17. The molecule has 1 amide bonds. The summed E-state index contributed by atoms with van der Waals surface area (Å²) in [6, 6.07) is 4.09. The highest BCUT2D eigenvalue weighted by Gasteiger charge is 2.22. The van der Waals surface area contributed by atoms with E-state index in [9.17, 15) is 19.7 Å². The van der Waals surface area contributed by atoms with Crippen molar-refractivity contribution in [1.82, 2.24) is 9.78 Å². The van der Waals surface area contributed by atoms with Gasteiger partial charge >= 0.3 is 11.9 Å². The maximum Gasteiger partial charge on any atom is 0.433 e. The van der Waals surface area contributed by atoms with E-state index in [1.165, 1.54) is 0 Å². The Balaban J connectivity index is 1.53. The van der Waals surface area contributed by atoms with Crippen molar-refractivity contribution in [3.8, 4) is 0 Å². The first-order valence-electron chi connectivity index (χ1n) is 7.79. The average Bonchev–Trinajstić information content (AvgIpc) is 3.31. The average molecular weight is 348 g/mol. The molecule has 1 saturated carbocycles. The number of carbonyl (C=O) groups excluding carboxylic acids is 2. The van der Waals surface area contributed by atoms with Crippen molar-refractivity contribution in [2.75, 3.05) is 11.9 Å². The number of anilines is 1. The van der Waals surface area contributed by atoms with Gasteiger partial charge in [-0.2, -0.15) is 5.10 Å². The predicted octanol–water partition coefficient (Wildman–Crippen LogP) is 2.29. The quantitative estimate of drug-likeness (QED) is 0.481. The lowest BCUT2D eigenvalue weighted by molar-refractivity contribution is -0.402. The van der Waals surface area contributed by atoms with Crippen LogP contribution in [-0.4, -0.2) is 33.2 Å². The zero-order valence-corrected chi connectivity index (χ0v) is 13.2. The van der Waals surface area contributed by atoms with Gasteiger partial charge in [0.2, 0.25) is 5.76 Å². The summed E-state index contributed by atoms with van der Waals surface area (Å²) in [4.78, 5) is 33.4. The van der Waals surface area contributed by atoms with Crippen LogP contribution in [0.3, 0.4) is 0 Å². The van der Waals surface area contributed by atoms with Crippen LogP contribution in [0.25, 0.3) is 0 Å². The maximum atomic E-state index is 12.0. The van der Waals surface area contributed by atoms with Gasteiger partial charge in [-0.1, -0.05) is 12.8 Å². The summed E-state index contributed by atoms with van der Waals surface area (Å²) >= 11 is 0. The molecule has 10 nitrogen and oxygen atoms in total. The predicted molar refractivity (Wildman–Crippen MR) is 84.0 cm³/mol. The van der Waals surface area contributed by atoms with E-state index >= 15 is 0 Å². The van der Waals surface area contributed by atoms with Crippen LogP contribution in [0.5, 0.6) is 0 Å². The molecule has 2 aromatic heterocycles. The monoisotopic (exact) mass is 348 g/mol. The van der Waals surface area contributed by atoms with Crippen LogP contribution in [0.4, 0.5) is 11.7 Å². The molecule has 2 heterocycles. The fourth-order valence-corrected chi connectivity index (χ4v) is 2.77. The molecule has 3 rings (SSSR count).